The normalized spacial score (nSPS) is 11.1. The van der Waals surface area contributed by atoms with E-state index in [4.69, 9.17) is 9.84 Å². The van der Waals surface area contributed by atoms with Gasteiger partial charge in [0.25, 0.3) is 0 Å². The summed E-state index contributed by atoms with van der Waals surface area (Å²) < 4.78 is 6.94. The lowest BCUT2D eigenvalue weighted by atomic mass is 10.4. The van der Waals surface area contributed by atoms with Gasteiger partial charge in [0.1, 0.15) is 5.82 Å². The van der Waals surface area contributed by atoms with Crippen LogP contribution in [-0.4, -0.2) is 58.1 Å². The van der Waals surface area contributed by atoms with E-state index in [1.54, 1.807) is 13.3 Å². The van der Waals surface area contributed by atoms with E-state index < -0.39 is 0 Å². The summed E-state index contributed by atoms with van der Waals surface area (Å²) >= 11 is 0. The molecule has 0 aliphatic heterocycles. The summed E-state index contributed by atoms with van der Waals surface area (Å²) in [5.74, 6) is 1.52. The Bertz CT molecular complexity index is 513. The van der Waals surface area contributed by atoms with Crippen molar-refractivity contribution in [2.24, 2.45) is 0 Å². The van der Waals surface area contributed by atoms with Crippen LogP contribution in [-0.2, 0) is 4.74 Å². The monoisotopic (exact) mass is 251 g/mol. The van der Waals surface area contributed by atoms with Crippen molar-refractivity contribution in [2.75, 3.05) is 38.3 Å². The van der Waals surface area contributed by atoms with Crippen LogP contribution in [0.25, 0.3) is 5.65 Å². The average Bonchev–Trinajstić information content (AvgIpc) is 2.77. The molecule has 0 aromatic carbocycles. The van der Waals surface area contributed by atoms with Crippen molar-refractivity contribution in [2.45, 2.75) is 6.92 Å². The van der Waals surface area contributed by atoms with Crippen LogP contribution in [0.15, 0.2) is 12.4 Å². The predicted molar refractivity (Wildman–Crippen MR) is 66.7 cm³/mol. The molecule has 2 rings (SSSR count). The van der Waals surface area contributed by atoms with Crippen molar-refractivity contribution in [3.63, 3.8) is 0 Å². The number of fused-ring (bicyclic) bond motifs is 1. The molecule has 0 bridgehead atoms. The third-order valence-corrected chi connectivity index (χ3v) is 2.71. The minimum absolute atomic E-state index is 0.0551. The number of aryl methyl sites for hydroxylation is 1. The summed E-state index contributed by atoms with van der Waals surface area (Å²) in [5.41, 5.74) is 0.694. The summed E-state index contributed by atoms with van der Waals surface area (Å²) in [4.78, 5) is 6.27. The topological polar surface area (TPSA) is 75.8 Å². The molecule has 98 valence electrons. The van der Waals surface area contributed by atoms with Crippen LogP contribution in [0.3, 0.4) is 0 Å². The van der Waals surface area contributed by atoms with Gasteiger partial charge in [0.2, 0.25) is 5.65 Å². The fourth-order valence-electron chi connectivity index (χ4n) is 1.80. The first-order chi connectivity index (χ1) is 8.77. The Balaban J connectivity index is 2.36. The van der Waals surface area contributed by atoms with Gasteiger partial charge >= 0.3 is 0 Å². The molecule has 7 heteroatoms. The smallest absolute Gasteiger partial charge is 0.203 e. The molecule has 2 aromatic rings. The van der Waals surface area contributed by atoms with E-state index in [0.29, 0.717) is 31.2 Å². The molecule has 18 heavy (non-hydrogen) atoms. The van der Waals surface area contributed by atoms with Gasteiger partial charge in [-0.2, -0.15) is 0 Å². The van der Waals surface area contributed by atoms with Gasteiger partial charge in [-0.3, -0.25) is 4.40 Å². The first kappa shape index (κ1) is 12.7. The Labute approximate surface area is 105 Å². The number of aliphatic hydroxyl groups excluding tert-OH is 1. The van der Waals surface area contributed by atoms with Crippen molar-refractivity contribution in [3.8, 4) is 0 Å². The van der Waals surface area contributed by atoms with E-state index in [-0.39, 0.29) is 6.61 Å². The molecule has 0 radical (unpaired) electrons. The molecular formula is C11H17N5O2. The molecule has 0 atom stereocenters. The van der Waals surface area contributed by atoms with Crippen molar-refractivity contribution in [1.29, 1.82) is 0 Å². The summed E-state index contributed by atoms with van der Waals surface area (Å²) in [7, 11) is 1.65. The maximum Gasteiger partial charge on any atom is 0.203 e. The quantitative estimate of drug-likeness (QED) is 0.771. The van der Waals surface area contributed by atoms with E-state index in [2.05, 4.69) is 15.2 Å². The molecule has 0 saturated carbocycles. The first-order valence-corrected chi connectivity index (χ1v) is 5.79. The van der Waals surface area contributed by atoms with Gasteiger partial charge in [0, 0.05) is 32.6 Å². The predicted octanol–water partition coefficient (Wildman–Crippen LogP) is -0.122. The second-order valence-corrected chi connectivity index (χ2v) is 3.90. The molecular weight excluding hydrogens is 234 g/mol. The molecule has 7 nitrogen and oxygen atoms in total. The molecule has 1 N–H and O–H groups in total. The Morgan fingerprint density at radius 2 is 2.22 bits per heavy atom. The van der Waals surface area contributed by atoms with E-state index >= 15 is 0 Å². The van der Waals surface area contributed by atoms with Gasteiger partial charge < -0.3 is 14.7 Å². The number of nitrogens with zero attached hydrogens (tertiary/aromatic N) is 5. The number of rotatable bonds is 6. The van der Waals surface area contributed by atoms with Crippen molar-refractivity contribution >= 4 is 11.5 Å². The number of aliphatic hydroxyl groups is 1. The number of anilines is 1. The van der Waals surface area contributed by atoms with Gasteiger partial charge in [-0.25, -0.2) is 4.98 Å². The minimum atomic E-state index is 0.0551. The molecule has 2 heterocycles. The van der Waals surface area contributed by atoms with Crippen LogP contribution >= 0.6 is 0 Å². The molecule has 0 aliphatic rings. The highest BCUT2D eigenvalue weighted by molar-refractivity contribution is 5.63. The highest BCUT2D eigenvalue weighted by Crippen LogP contribution is 2.16. The molecule has 0 spiro atoms. The summed E-state index contributed by atoms with van der Waals surface area (Å²) in [5, 5.41) is 17.3. The van der Waals surface area contributed by atoms with Gasteiger partial charge in [0.15, 0.2) is 5.82 Å². The summed E-state index contributed by atoms with van der Waals surface area (Å²) in [6.45, 7) is 3.64. The van der Waals surface area contributed by atoms with Crippen LogP contribution in [0.5, 0.6) is 0 Å². The third-order valence-electron chi connectivity index (χ3n) is 2.71. The highest BCUT2D eigenvalue weighted by atomic mass is 16.5. The summed E-state index contributed by atoms with van der Waals surface area (Å²) in [6, 6.07) is 0. The molecule has 0 fully saturated rings. The molecule has 0 unspecified atom stereocenters. The number of hydrogen-bond acceptors (Lipinski definition) is 6. The van der Waals surface area contributed by atoms with E-state index in [1.807, 2.05) is 22.4 Å². The lowest BCUT2D eigenvalue weighted by Crippen LogP contribution is -2.31. The second kappa shape index (κ2) is 5.74. The molecule has 0 amide bonds. The lowest BCUT2D eigenvalue weighted by Gasteiger charge is -2.22. The van der Waals surface area contributed by atoms with Crippen molar-refractivity contribution in [3.05, 3.63) is 18.2 Å². The van der Waals surface area contributed by atoms with Gasteiger partial charge in [0.05, 0.1) is 13.2 Å². The van der Waals surface area contributed by atoms with Crippen LogP contribution in [0.4, 0.5) is 5.82 Å². The lowest BCUT2D eigenvalue weighted by molar-refractivity contribution is 0.202. The molecule has 0 aliphatic carbocycles. The van der Waals surface area contributed by atoms with Gasteiger partial charge in [-0.05, 0) is 6.92 Å². The number of ether oxygens (including phenoxy) is 1. The van der Waals surface area contributed by atoms with E-state index in [0.717, 1.165) is 5.82 Å². The number of methoxy groups -OCH3 is 1. The van der Waals surface area contributed by atoms with Gasteiger partial charge in [-0.15, -0.1) is 10.2 Å². The Morgan fingerprint density at radius 3 is 2.94 bits per heavy atom. The fraction of sp³-hybridized carbons (Fsp3) is 0.545. The van der Waals surface area contributed by atoms with Crippen molar-refractivity contribution < 1.29 is 9.84 Å². The zero-order valence-electron chi connectivity index (χ0n) is 10.6. The van der Waals surface area contributed by atoms with Gasteiger partial charge in [-0.1, -0.05) is 0 Å². The first-order valence-electron chi connectivity index (χ1n) is 5.79. The maximum absolute atomic E-state index is 9.12. The number of hydrogen-bond donors (Lipinski definition) is 1. The van der Waals surface area contributed by atoms with Crippen LogP contribution in [0, 0.1) is 6.92 Å². The molecule has 2 aromatic heterocycles. The zero-order chi connectivity index (χ0) is 13.0. The minimum Gasteiger partial charge on any atom is -0.395 e. The van der Waals surface area contributed by atoms with Crippen LogP contribution in [0.1, 0.15) is 5.82 Å². The van der Waals surface area contributed by atoms with E-state index in [1.165, 1.54) is 0 Å². The van der Waals surface area contributed by atoms with E-state index in [9.17, 15) is 0 Å². The molecule has 0 saturated heterocycles. The van der Waals surface area contributed by atoms with Crippen molar-refractivity contribution in [1.82, 2.24) is 19.6 Å². The Hall–Kier alpha value is -1.73. The Kier molecular flexibility index (Phi) is 4.06. The summed E-state index contributed by atoms with van der Waals surface area (Å²) in [6.07, 6.45) is 3.53. The fourth-order valence-corrected chi connectivity index (χ4v) is 1.80. The average molecular weight is 251 g/mol. The SMILES string of the molecule is COCCN(CCO)c1nccn2c(C)nnc12. The largest absolute Gasteiger partial charge is 0.395 e. The highest BCUT2D eigenvalue weighted by Gasteiger charge is 2.14. The third kappa shape index (κ3) is 2.41. The van der Waals surface area contributed by atoms with Crippen LogP contribution in [0.2, 0.25) is 0 Å². The maximum atomic E-state index is 9.12. The standard InChI is InChI=1S/C11H17N5O2/c1-9-13-14-11-10(12-3-4-16(9)11)15(5-7-17)6-8-18-2/h3-4,17H,5-8H2,1-2H3. The zero-order valence-corrected chi connectivity index (χ0v) is 10.6. The van der Waals surface area contributed by atoms with Crippen LogP contribution < -0.4 is 4.90 Å². The second-order valence-electron chi connectivity index (χ2n) is 3.90. The number of aromatic nitrogens is 4. The Morgan fingerprint density at radius 1 is 1.39 bits per heavy atom.